The Hall–Kier alpha value is -3.66. The minimum absolute atomic E-state index is 0.0588. The number of nitrogens with two attached hydrogens (primary N) is 1. The summed E-state index contributed by atoms with van der Waals surface area (Å²) in [4.78, 5) is 41.2. The molecule has 0 aromatic heterocycles. The van der Waals surface area contributed by atoms with Gasteiger partial charge in [0.15, 0.2) is 11.4 Å². The topological polar surface area (TPSA) is 161 Å². The van der Waals surface area contributed by atoms with Crippen LogP contribution in [0, 0.1) is 17.8 Å². The van der Waals surface area contributed by atoms with Gasteiger partial charge in [0.2, 0.25) is 5.78 Å². The van der Waals surface area contributed by atoms with Gasteiger partial charge in [0.05, 0.1) is 5.56 Å². The van der Waals surface area contributed by atoms with Gasteiger partial charge >= 0.3 is 0 Å². The molecule has 6 rings (SSSR count). The molecule has 0 spiro atoms. The highest BCUT2D eigenvalue weighted by molar-refractivity contribution is 6.33. The molecule has 44 heavy (non-hydrogen) atoms. The largest absolute Gasteiger partial charge is 0.511 e. The Morgan fingerprint density at radius 3 is 2.43 bits per heavy atom. The number of halogens is 1. The summed E-state index contributed by atoms with van der Waals surface area (Å²) in [6.07, 6.45) is 2.29. The molecule has 0 aliphatic heterocycles. The summed E-state index contributed by atoms with van der Waals surface area (Å²) >= 11 is 7.01. The number of amides is 1. The number of fused-ring (bicyclic) bond motifs is 3. The van der Waals surface area contributed by atoms with Gasteiger partial charge in [-0.15, -0.1) is 0 Å². The van der Waals surface area contributed by atoms with E-state index in [0.29, 0.717) is 28.6 Å². The number of phenols is 1. The van der Waals surface area contributed by atoms with Gasteiger partial charge in [-0.1, -0.05) is 55.8 Å². The first kappa shape index (κ1) is 30.4. The SMILES string of the molecule is CC(C)(CN(Cc1cc(O)c2c(c1Cl)CC1C[C@H]3CC(O)=C(C(N)=O)C(=O)[C@@]3(O)C(O)=C1C2=O)CC1CC1)c1ccccc1. The molecule has 1 saturated carbocycles. The Morgan fingerprint density at radius 2 is 1.80 bits per heavy atom. The molecule has 2 aromatic rings. The summed E-state index contributed by atoms with van der Waals surface area (Å²) in [7, 11) is 0. The standard InChI is InChI=1S/C34H37ClN2O7/c1-33(2,20-6-4-3-5-7-20)16-37(14-17-8-9-17)15-19-12-23(38)26-22(28(19)35)11-18-10-21-13-24(39)27(32(36)43)31(42)34(21,44)30(41)25(18)29(26)40/h3-7,12,17-18,21,38-39,41,44H,8-11,13-16H2,1-2H3,(H2,36,43)/t18?,21-,34-/m0/s1. The number of rotatable bonds is 8. The lowest BCUT2D eigenvalue weighted by molar-refractivity contribution is -0.144. The molecular weight excluding hydrogens is 584 g/mol. The van der Waals surface area contributed by atoms with Crippen molar-refractivity contribution in [3.05, 3.63) is 86.3 Å². The van der Waals surface area contributed by atoms with Gasteiger partial charge < -0.3 is 26.2 Å². The maximum atomic E-state index is 13.8. The van der Waals surface area contributed by atoms with E-state index in [0.717, 1.165) is 13.1 Å². The van der Waals surface area contributed by atoms with E-state index in [9.17, 15) is 34.8 Å². The Labute approximate surface area is 260 Å². The molecule has 1 amide bonds. The van der Waals surface area contributed by atoms with Crippen LogP contribution in [-0.2, 0) is 28.0 Å². The lowest BCUT2D eigenvalue weighted by atomic mass is 9.60. The zero-order valence-corrected chi connectivity index (χ0v) is 25.5. The Bertz CT molecular complexity index is 1640. The van der Waals surface area contributed by atoms with Crippen molar-refractivity contribution in [2.45, 2.75) is 63.5 Å². The predicted molar refractivity (Wildman–Crippen MR) is 163 cm³/mol. The zero-order chi connectivity index (χ0) is 31.7. The number of aliphatic hydroxyl groups is 3. The van der Waals surface area contributed by atoms with Crippen LogP contribution in [0.1, 0.15) is 66.6 Å². The summed E-state index contributed by atoms with van der Waals surface area (Å²) in [5.74, 6) is -5.97. The Morgan fingerprint density at radius 1 is 1.11 bits per heavy atom. The summed E-state index contributed by atoms with van der Waals surface area (Å²) in [5.41, 5.74) is 3.80. The maximum absolute atomic E-state index is 13.8. The van der Waals surface area contributed by atoms with Gasteiger partial charge in [-0.25, -0.2) is 0 Å². The number of phenolic OH excluding ortho intramolecular Hbond substituents is 1. The number of allylic oxidation sites excluding steroid dienone is 2. The van der Waals surface area contributed by atoms with E-state index in [1.807, 2.05) is 18.2 Å². The molecule has 1 unspecified atom stereocenters. The van der Waals surface area contributed by atoms with E-state index in [1.165, 1.54) is 24.5 Å². The highest BCUT2D eigenvalue weighted by atomic mass is 35.5. The number of carbonyl (C=O) groups is 3. The monoisotopic (exact) mass is 620 g/mol. The van der Waals surface area contributed by atoms with Crippen molar-refractivity contribution in [1.29, 1.82) is 0 Å². The molecule has 1 fully saturated rings. The average molecular weight is 621 g/mol. The first-order chi connectivity index (χ1) is 20.7. The highest BCUT2D eigenvalue weighted by Gasteiger charge is 2.59. The number of carbonyl (C=O) groups excluding carboxylic acids is 3. The smallest absolute Gasteiger partial charge is 0.255 e. The van der Waals surface area contributed by atoms with Crippen LogP contribution in [0.15, 0.2) is 59.1 Å². The molecular formula is C34H37ClN2O7. The third kappa shape index (κ3) is 4.91. The normalized spacial score (nSPS) is 25.2. The maximum Gasteiger partial charge on any atom is 0.255 e. The van der Waals surface area contributed by atoms with Crippen LogP contribution < -0.4 is 5.73 Å². The molecule has 0 heterocycles. The predicted octanol–water partition coefficient (Wildman–Crippen LogP) is 4.42. The Kier molecular flexibility index (Phi) is 7.42. The van der Waals surface area contributed by atoms with E-state index in [1.54, 1.807) is 0 Å². The van der Waals surface area contributed by atoms with Crippen LogP contribution in [0.5, 0.6) is 5.75 Å². The van der Waals surface area contributed by atoms with Gasteiger partial charge in [-0.3, -0.25) is 19.3 Å². The third-order valence-electron chi connectivity index (χ3n) is 9.85. The lowest BCUT2D eigenvalue weighted by Crippen LogP contribution is -2.57. The van der Waals surface area contributed by atoms with Crippen LogP contribution in [0.4, 0.5) is 0 Å². The number of Topliss-reactive ketones (excluding diaryl/α,β-unsaturated/α-hetero) is 2. The van der Waals surface area contributed by atoms with Gasteiger partial charge in [-0.2, -0.15) is 0 Å². The molecule has 10 heteroatoms. The molecule has 4 aliphatic carbocycles. The molecule has 0 radical (unpaired) electrons. The minimum atomic E-state index is -2.59. The van der Waals surface area contributed by atoms with E-state index in [4.69, 9.17) is 17.3 Å². The number of benzene rings is 2. The Balaban J connectivity index is 1.35. The molecule has 3 atom stereocenters. The fraction of sp³-hybridized carbons (Fsp3) is 0.441. The second kappa shape index (κ2) is 10.8. The van der Waals surface area contributed by atoms with Crippen LogP contribution in [-0.4, -0.2) is 61.5 Å². The zero-order valence-electron chi connectivity index (χ0n) is 24.8. The number of aliphatic hydroxyl groups excluding tert-OH is 2. The van der Waals surface area contributed by atoms with E-state index in [2.05, 4.69) is 30.9 Å². The van der Waals surface area contributed by atoms with Crippen molar-refractivity contribution in [1.82, 2.24) is 4.90 Å². The molecule has 6 N–H and O–H groups in total. The van der Waals surface area contributed by atoms with Gasteiger partial charge in [0, 0.05) is 48.0 Å². The summed E-state index contributed by atoms with van der Waals surface area (Å²) in [5, 5.41) is 44.6. The number of hydrogen-bond acceptors (Lipinski definition) is 8. The van der Waals surface area contributed by atoms with Crippen LogP contribution >= 0.6 is 11.6 Å². The minimum Gasteiger partial charge on any atom is -0.511 e. The fourth-order valence-corrected chi connectivity index (χ4v) is 7.75. The third-order valence-corrected chi connectivity index (χ3v) is 10.3. The first-order valence-corrected chi connectivity index (χ1v) is 15.4. The van der Waals surface area contributed by atoms with Crippen molar-refractivity contribution in [3.63, 3.8) is 0 Å². The summed E-state index contributed by atoms with van der Waals surface area (Å²) in [6, 6.07) is 11.8. The molecule has 4 aliphatic rings. The quantitative estimate of drug-likeness (QED) is 0.271. The van der Waals surface area contributed by atoms with E-state index in [-0.39, 0.29) is 41.6 Å². The van der Waals surface area contributed by atoms with Crippen LogP contribution in [0.2, 0.25) is 5.02 Å². The lowest BCUT2D eigenvalue weighted by Gasteiger charge is -2.45. The summed E-state index contributed by atoms with van der Waals surface area (Å²) < 4.78 is 0. The van der Waals surface area contributed by atoms with Gasteiger partial charge in [-0.05, 0) is 60.3 Å². The van der Waals surface area contributed by atoms with Gasteiger partial charge in [0.1, 0.15) is 22.8 Å². The molecule has 232 valence electrons. The second-order valence-electron chi connectivity index (χ2n) is 13.5. The molecule has 0 saturated heterocycles. The van der Waals surface area contributed by atoms with Crippen molar-refractivity contribution in [3.8, 4) is 5.75 Å². The number of aromatic hydroxyl groups is 1. The number of ketones is 2. The molecule has 0 bridgehead atoms. The number of nitrogens with zero attached hydrogens (tertiary/aromatic N) is 1. The number of primary amides is 1. The van der Waals surface area contributed by atoms with Gasteiger partial charge in [0.25, 0.3) is 5.91 Å². The molecule has 2 aromatic carbocycles. The van der Waals surface area contributed by atoms with Crippen molar-refractivity contribution >= 4 is 29.1 Å². The van der Waals surface area contributed by atoms with Crippen LogP contribution in [0.25, 0.3) is 0 Å². The van der Waals surface area contributed by atoms with Crippen LogP contribution in [0.3, 0.4) is 0 Å². The fourth-order valence-electron chi connectivity index (χ4n) is 7.47. The second-order valence-corrected chi connectivity index (χ2v) is 13.9. The van der Waals surface area contributed by atoms with Crippen molar-refractivity contribution in [2.24, 2.45) is 23.5 Å². The highest BCUT2D eigenvalue weighted by Crippen LogP contribution is 2.52. The first-order valence-electron chi connectivity index (χ1n) is 15.0. The average Bonchev–Trinajstić information content (AvgIpc) is 3.77. The van der Waals surface area contributed by atoms with E-state index >= 15 is 0 Å². The van der Waals surface area contributed by atoms with Crippen molar-refractivity contribution < 1.29 is 34.8 Å². The summed E-state index contributed by atoms with van der Waals surface area (Å²) in [6.45, 7) is 6.50. The van der Waals surface area contributed by atoms with Crippen molar-refractivity contribution in [2.75, 3.05) is 13.1 Å². The number of hydrogen-bond donors (Lipinski definition) is 5. The molecule has 9 nitrogen and oxygen atoms in total. The van der Waals surface area contributed by atoms with E-state index < -0.39 is 52.0 Å².